The fourth-order valence-electron chi connectivity index (χ4n) is 5.46. The van der Waals surface area contributed by atoms with Gasteiger partial charge >= 0.3 is 12.1 Å². The highest BCUT2D eigenvalue weighted by molar-refractivity contribution is 5.92. The van der Waals surface area contributed by atoms with Gasteiger partial charge in [-0.05, 0) is 84.9 Å². The first-order valence-electron chi connectivity index (χ1n) is 14.0. The Morgan fingerprint density at radius 2 is 1.62 bits per heavy atom. The minimum Gasteiger partial charge on any atom is -0.481 e. The minimum absolute atomic E-state index is 0.0741. The summed E-state index contributed by atoms with van der Waals surface area (Å²) in [6.45, 7) is 0.665. The van der Waals surface area contributed by atoms with Crippen molar-refractivity contribution < 1.29 is 31.8 Å². The molecule has 0 bridgehead atoms. The highest BCUT2D eigenvalue weighted by atomic mass is 19.4. The zero-order valence-electron chi connectivity index (χ0n) is 22.4. The molecule has 0 aromatic heterocycles. The third-order valence-electron chi connectivity index (χ3n) is 7.67. The summed E-state index contributed by atoms with van der Waals surface area (Å²) in [5.74, 6) is -0.337. The van der Waals surface area contributed by atoms with E-state index in [9.17, 15) is 22.4 Å². The molecule has 210 valence electrons. The minimum atomic E-state index is -4.57. The van der Waals surface area contributed by atoms with Crippen molar-refractivity contribution in [3.8, 4) is 11.5 Å². The van der Waals surface area contributed by atoms with Crippen LogP contribution in [0.1, 0.15) is 93.0 Å². The van der Waals surface area contributed by atoms with Gasteiger partial charge in [0.25, 0.3) is 0 Å². The second-order valence-corrected chi connectivity index (χ2v) is 10.6. The standard InChI is InChI=1S/C32H36F4O3/c1-2-3-4-5-6-7-22-8-10-23(11-9-22)24-12-14-25(15-13-24)31(37)39-27-17-18-28-26(20-27)16-19-29(30(28)33)38-21-32(34,35)36/h12-20,22-23H,2-11,21H2,1H3. The van der Waals surface area contributed by atoms with Crippen molar-refractivity contribution in [1.29, 1.82) is 0 Å². The molecule has 0 unspecified atom stereocenters. The molecule has 1 aliphatic carbocycles. The normalized spacial score (nSPS) is 17.8. The van der Waals surface area contributed by atoms with Crippen molar-refractivity contribution >= 4 is 16.7 Å². The van der Waals surface area contributed by atoms with Crippen LogP contribution in [0.4, 0.5) is 17.6 Å². The van der Waals surface area contributed by atoms with Crippen molar-refractivity contribution in [1.82, 2.24) is 0 Å². The summed E-state index contributed by atoms with van der Waals surface area (Å²) in [6.07, 6.45) is 8.33. The molecule has 0 radical (unpaired) electrons. The van der Waals surface area contributed by atoms with Gasteiger partial charge in [0.2, 0.25) is 0 Å². The van der Waals surface area contributed by atoms with Gasteiger partial charge in [-0.25, -0.2) is 9.18 Å². The third-order valence-corrected chi connectivity index (χ3v) is 7.67. The Kier molecular flexibility index (Phi) is 9.87. The summed E-state index contributed by atoms with van der Waals surface area (Å²) in [4.78, 5) is 12.7. The lowest BCUT2D eigenvalue weighted by Crippen LogP contribution is -2.19. The Bertz CT molecular complexity index is 1230. The first-order valence-corrected chi connectivity index (χ1v) is 14.0. The van der Waals surface area contributed by atoms with Gasteiger partial charge in [-0.2, -0.15) is 13.2 Å². The first-order chi connectivity index (χ1) is 18.7. The molecule has 39 heavy (non-hydrogen) atoms. The fourth-order valence-corrected chi connectivity index (χ4v) is 5.46. The smallest absolute Gasteiger partial charge is 0.422 e. The Morgan fingerprint density at radius 1 is 0.897 bits per heavy atom. The average molecular weight is 545 g/mol. The number of alkyl halides is 3. The van der Waals surface area contributed by atoms with Gasteiger partial charge in [0.05, 0.1) is 5.56 Å². The summed E-state index contributed by atoms with van der Waals surface area (Å²) in [5.41, 5.74) is 1.67. The number of hydrogen-bond acceptors (Lipinski definition) is 3. The van der Waals surface area contributed by atoms with Gasteiger partial charge in [0, 0.05) is 5.39 Å². The van der Waals surface area contributed by atoms with E-state index in [0.29, 0.717) is 16.9 Å². The summed E-state index contributed by atoms with van der Waals surface area (Å²) < 4.78 is 61.9. The molecule has 0 amide bonds. The van der Waals surface area contributed by atoms with Crippen LogP contribution in [-0.2, 0) is 0 Å². The lowest BCUT2D eigenvalue weighted by molar-refractivity contribution is -0.153. The van der Waals surface area contributed by atoms with E-state index in [0.717, 1.165) is 12.0 Å². The monoisotopic (exact) mass is 544 g/mol. The maximum atomic E-state index is 14.6. The van der Waals surface area contributed by atoms with E-state index >= 15 is 0 Å². The average Bonchev–Trinajstić information content (AvgIpc) is 2.92. The van der Waals surface area contributed by atoms with Gasteiger partial charge in [-0.3, -0.25) is 0 Å². The molecule has 0 saturated heterocycles. The van der Waals surface area contributed by atoms with Crippen molar-refractivity contribution in [2.24, 2.45) is 5.92 Å². The van der Waals surface area contributed by atoms with Crippen LogP contribution in [0.2, 0.25) is 0 Å². The second kappa shape index (κ2) is 13.3. The maximum absolute atomic E-state index is 14.6. The number of halogens is 4. The number of hydrogen-bond donors (Lipinski definition) is 0. The molecule has 1 aliphatic rings. The zero-order valence-corrected chi connectivity index (χ0v) is 22.4. The van der Waals surface area contributed by atoms with Crippen molar-refractivity contribution in [3.63, 3.8) is 0 Å². The highest BCUT2D eigenvalue weighted by Crippen LogP contribution is 2.38. The van der Waals surface area contributed by atoms with E-state index in [-0.39, 0.29) is 11.1 Å². The van der Waals surface area contributed by atoms with E-state index in [4.69, 9.17) is 4.74 Å². The number of esters is 1. The predicted molar refractivity (Wildman–Crippen MR) is 145 cm³/mol. The molecule has 7 heteroatoms. The lowest BCUT2D eigenvalue weighted by atomic mass is 9.77. The van der Waals surface area contributed by atoms with Crippen LogP contribution < -0.4 is 9.47 Å². The quantitative estimate of drug-likeness (QED) is 0.104. The number of carbonyl (C=O) groups is 1. The number of rotatable bonds is 11. The van der Waals surface area contributed by atoms with Crippen LogP contribution in [0.3, 0.4) is 0 Å². The number of benzene rings is 3. The molecule has 0 N–H and O–H groups in total. The Labute approximate surface area is 227 Å². The summed E-state index contributed by atoms with van der Waals surface area (Å²) in [7, 11) is 0. The van der Waals surface area contributed by atoms with Gasteiger partial charge in [0.1, 0.15) is 5.75 Å². The largest absolute Gasteiger partial charge is 0.481 e. The van der Waals surface area contributed by atoms with Crippen LogP contribution in [0, 0.1) is 11.7 Å². The number of unbranched alkanes of at least 4 members (excludes halogenated alkanes) is 4. The zero-order chi connectivity index (χ0) is 27.8. The molecule has 3 aromatic carbocycles. The molecular weight excluding hydrogens is 508 g/mol. The molecule has 0 atom stereocenters. The Balaban J connectivity index is 1.30. The predicted octanol–water partition coefficient (Wildman–Crippen LogP) is 9.77. The van der Waals surface area contributed by atoms with E-state index in [1.807, 2.05) is 12.1 Å². The van der Waals surface area contributed by atoms with Gasteiger partial charge in [-0.1, -0.05) is 63.6 Å². The first kappa shape index (κ1) is 28.9. The molecule has 0 aliphatic heterocycles. The molecule has 4 rings (SSSR count). The molecule has 0 heterocycles. The van der Waals surface area contributed by atoms with Crippen LogP contribution in [0.15, 0.2) is 54.6 Å². The van der Waals surface area contributed by atoms with Crippen molar-refractivity contribution in [2.45, 2.75) is 83.2 Å². The van der Waals surface area contributed by atoms with Gasteiger partial charge in [-0.15, -0.1) is 0 Å². The van der Waals surface area contributed by atoms with Crippen LogP contribution in [0.5, 0.6) is 11.5 Å². The van der Waals surface area contributed by atoms with Crippen molar-refractivity contribution in [3.05, 3.63) is 71.5 Å². The third kappa shape index (κ3) is 8.20. The molecule has 1 saturated carbocycles. The van der Waals surface area contributed by atoms with E-state index in [1.165, 1.54) is 94.0 Å². The van der Waals surface area contributed by atoms with Crippen LogP contribution in [-0.4, -0.2) is 18.8 Å². The molecule has 3 nitrogen and oxygen atoms in total. The Morgan fingerprint density at radius 3 is 2.31 bits per heavy atom. The molecule has 3 aromatic rings. The van der Waals surface area contributed by atoms with Crippen molar-refractivity contribution in [2.75, 3.05) is 6.61 Å². The summed E-state index contributed by atoms with van der Waals surface area (Å²) in [6, 6.07) is 14.4. The molecular formula is C32H36F4O3. The number of carbonyl (C=O) groups excluding carboxylic acids is 1. The number of fused-ring (bicyclic) bond motifs is 1. The Hall–Kier alpha value is -3.09. The van der Waals surface area contributed by atoms with Gasteiger partial charge < -0.3 is 9.47 Å². The topological polar surface area (TPSA) is 35.5 Å². The SMILES string of the molecule is CCCCCCCC1CCC(c2ccc(C(=O)Oc3ccc4c(F)c(OCC(F)(F)F)ccc4c3)cc2)CC1. The van der Waals surface area contributed by atoms with E-state index < -0.39 is 30.3 Å². The maximum Gasteiger partial charge on any atom is 0.422 e. The highest BCUT2D eigenvalue weighted by Gasteiger charge is 2.29. The van der Waals surface area contributed by atoms with E-state index in [1.54, 1.807) is 12.1 Å². The summed E-state index contributed by atoms with van der Waals surface area (Å²) in [5, 5.41) is 0.453. The van der Waals surface area contributed by atoms with Crippen LogP contribution >= 0.6 is 0 Å². The molecule has 1 fully saturated rings. The molecule has 0 spiro atoms. The second-order valence-electron chi connectivity index (χ2n) is 10.6. The van der Waals surface area contributed by atoms with E-state index in [2.05, 4.69) is 11.7 Å². The lowest BCUT2D eigenvalue weighted by Gasteiger charge is -2.29. The van der Waals surface area contributed by atoms with Crippen LogP contribution in [0.25, 0.3) is 10.8 Å². The summed E-state index contributed by atoms with van der Waals surface area (Å²) >= 11 is 0. The fraction of sp³-hybridized carbons (Fsp3) is 0.469. The number of ether oxygens (including phenoxy) is 2. The van der Waals surface area contributed by atoms with Gasteiger partial charge in [0.15, 0.2) is 18.2 Å².